The van der Waals surface area contributed by atoms with Crippen molar-refractivity contribution in [1.29, 1.82) is 0 Å². The summed E-state index contributed by atoms with van der Waals surface area (Å²) in [6.45, 7) is 0. The van der Waals surface area contributed by atoms with Crippen LogP contribution in [0.4, 0.5) is 17.1 Å². The Bertz CT molecular complexity index is 3560. The highest BCUT2D eigenvalue weighted by atomic mass is 15.1. The van der Waals surface area contributed by atoms with Crippen molar-refractivity contribution in [2.24, 2.45) is 0 Å². The predicted molar refractivity (Wildman–Crippen MR) is 264 cm³/mol. The fraction of sp³-hybridized carbons (Fsp3) is 0. The molecule has 1 heterocycles. The summed E-state index contributed by atoms with van der Waals surface area (Å²) in [5, 5.41) is 10.2. The van der Waals surface area contributed by atoms with Crippen molar-refractivity contribution in [2.45, 2.75) is 0 Å². The third-order valence-corrected chi connectivity index (χ3v) is 12.6. The van der Waals surface area contributed by atoms with Gasteiger partial charge in [-0.05, 0) is 109 Å². The van der Waals surface area contributed by atoms with Crippen LogP contribution in [0.2, 0.25) is 0 Å². The molecule has 0 saturated carbocycles. The Labute approximate surface area is 360 Å². The lowest BCUT2D eigenvalue weighted by Gasteiger charge is -2.28. The van der Waals surface area contributed by atoms with E-state index < -0.39 is 0 Å². The largest absolute Gasteiger partial charge is 0.310 e. The minimum atomic E-state index is 1.09. The van der Waals surface area contributed by atoms with Crippen molar-refractivity contribution < 1.29 is 0 Å². The zero-order valence-electron chi connectivity index (χ0n) is 34.0. The van der Waals surface area contributed by atoms with Crippen molar-refractivity contribution in [3.8, 4) is 39.1 Å². The van der Waals surface area contributed by atoms with Gasteiger partial charge in [-0.25, -0.2) is 0 Å². The van der Waals surface area contributed by atoms with Gasteiger partial charge in [-0.3, -0.25) is 0 Å². The van der Waals surface area contributed by atoms with Crippen LogP contribution in [-0.2, 0) is 0 Å². The summed E-state index contributed by atoms with van der Waals surface area (Å²) in [6, 6.07) is 88.4. The first-order chi connectivity index (χ1) is 30.8. The van der Waals surface area contributed by atoms with Gasteiger partial charge < -0.3 is 9.47 Å². The molecule has 0 aliphatic rings. The van der Waals surface area contributed by atoms with Gasteiger partial charge in [0.15, 0.2) is 0 Å². The average Bonchev–Trinajstić information content (AvgIpc) is 3.69. The van der Waals surface area contributed by atoms with E-state index in [-0.39, 0.29) is 0 Å². The molecule has 2 heteroatoms. The van der Waals surface area contributed by atoms with E-state index >= 15 is 0 Å². The quantitative estimate of drug-likeness (QED) is 0.146. The molecule has 0 atom stereocenters. The molecule has 0 N–H and O–H groups in total. The fourth-order valence-corrected chi connectivity index (χ4v) is 9.64. The Morgan fingerprint density at radius 1 is 0.274 bits per heavy atom. The standard InChI is InChI=1S/C60H40N2/c1-2-14-42(15-3-1)50-18-6-10-22-57(50)61(47-34-28-41(29-35-47)46-27-26-45-33-38-52-49-17-5-4-16-43(49)32-39-53(52)56(45)40-46)48-36-30-44(31-37-48)51-19-7-11-23-58(51)62-59-24-12-8-20-54(59)55-21-9-13-25-60(55)62/h1-40H. The number of para-hydroxylation sites is 4. The third-order valence-electron chi connectivity index (χ3n) is 12.6. The van der Waals surface area contributed by atoms with E-state index in [2.05, 4.69) is 252 Å². The van der Waals surface area contributed by atoms with Crippen molar-refractivity contribution in [3.63, 3.8) is 0 Å². The van der Waals surface area contributed by atoms with E-state index in [1.165, 1.54) is 81.9 Å². The zero-order valence-corrected chi connectivity index (χ0v) is 34.0. The van der Waals surface area contributed by atoms with Gasteiger partial charge in [0.2, 0.25) is 0 Å². The summed E-state index contributed by atoms with van der Waals surface area (Å²) in [4.78, 5) is 2.40. The SMILES string of the molecule is c1ccc(-c2ccccc2N(c2ccc(-c3ccc4ccc5c6ccccc6ccc5c4c3)cc2)c2ccc(-c3ccccc3-n3c4ccccc4c4ccccc43)cc2)cc1. The number of fused-ring (bicyclic) bond motifs is 8. The van der Waals surface area contributed by atoms with Gasteiger partial charge in [0.05, 0.1) is 22.4 Å². The summed E-state index contributed by atoms with van der Waals surface area (Å²) >= 11 is 0. The number of hydrogen-bond donors (Lipinski definition) is 0. The molecule has 0 radical (unpaired) electrons. The van der Waals surface area contributed by atoms with Gasteiger partial charge in [0.25, 0.3) is 0 Å². The van der Waals surface area contributed by atoms with Gasteiger partial charge >= 0.3 is 0 Å². The van der Waals surface area contributed by atoms with Crippen LogP contribution in [0.5, 0.6) is 0 Å². The van der Waals surface area contributed by atoms with Gasteiger partial charge in [0.1, 0.15) is 0 Å². The summed E-state index contributed by atoms with van der Waals surface area (Å²) in [5.74, 6) is 0. The Hall–Kier alpha value is -8.20. The van der Waals surface area contributed by atoms with Gasteiger partial charge in [0, 0.05) is 33.3 Å². The topological polar surface area (TPSA) is 8.17 Å². The normalized spacial score (nSPS) is 11.5. The van der Waals surface area contributed by atoms with E-state index in [0.29, 0.717) is 0 Å². The first-order valence-electron chi connectivity index (χ1n) is 21.3. The maximum atomic E-state index is 2.41. The number of nitrogens with zero attached hydrogens (tertiary/aromatic N) is 2. The minimum Gasteiger partial charge on any atom is -0.310 e. The lowest BCUT2D eigenvalue weighted by atomic mass is 9.94. The first-order valence-corrected chi connectivity index (χ1v) is 21.3. The summed E-state index contributed by atoms with van der Waals surface area (Å²) in [5.41, 5.74) is 13.9. The lowest BCUT2D eigenvalue weighted by Crippen LogP contribution is -2.11. The van der Waals surface area contributed by atoms with Crippen molar-refractivity contribution in [2.75, 3.05) is 4.90 Å². The molecule has 290 valence electrons. The molecular formula is C60H40N2. The molecular weight excluding hydrogens is 749 g/mol. The van der Waals surface area contributed by atoms with E-state index in [1.54, 1.807) is 0 Å². The van der Waals surface area contributed by atoms with E-state index in [9.17, 15) is 0 Å². The highest BCUT2D eigenvalue weighted by Crippen LogP contribution is 2.43. The van der Waals surface area contributed by atoms with Crippen LogP contribution >= 0.6 is 0 Å². The molecule has 62 heavy (non-hydrogen) atoms. The van der Waals surface area contributed by atoms with Crippen LogP contribution in [-0.4, -0.2) is 4.57 Å². The van der Waals surface area contributed by atoms with Crippen molar-refractivity contribution in [3.05, 3.63) is 243 Å². The van der Waals surface area contributed by atoms with Crippen LogP contribution in [0.3, 0.4) is 0 Å². The van der Waals surface area contributed by atoms with Crippen LogP contribution in [0, 0.1) is 0 Å². The third kappa shape index (κ3) is 5.96. The van der Waals surface area contributed by atoms with E-state index in [1.807, 2.05) is 0 Å². The molecule has 0 aliphatic heterocycles. The van der Waals surface area contributed by atoms with Crippen molar-refractivity contribution in [1.82, 2.24) is 4.57 Å². The van der Waals surface area contributed by atoms with E-state index in [0.717, 1.165) is 28.3 Å². The molecule has 0 fully saturated rings. The summed E-state index contributed by atoms with van der Waals surface area (Å²) < 4.78 is 2.41. The molecule has 0 aliphatic carbocycles. The smallest absolute Gasteiger partial charge is 0.0541 e. The Balaban J connectivity index is 0.964. The van der Waals surface area contributed by atoms with Crippen LogP contribution in [0.15, 0.2) is 243 Å². The Morgan fingerprint density at radius 2 is 0.758 bits per heavy atom. The monoisotopic (exact) mass is 788 g/mol. The number of benzene rings is 11. The number of aromatic nitrogens is 1. The molecule has 0 spiro atoms. The van der Waals surface area contributed by atoms with Crippen LogP contribution in [0.1, 0.15) is 0 Å². The molecule has 12 rings (SSSR count). The number of anilines is 3. The van der Waals surface area contributed by atoms with Crippen LogP contribution < -0.4 is 4.90 Å². The fourth-order valence-electron chi connectivity index (χ4n) is 9.64. The summed E-state index contributed by atoms with van der Waals surface area (Å²) in [6.07, 6.45) is 0. The maximum Gasteiger partial charge on any atom is 0.0541 e. The lowest BCUT2D eigenvalue weighted by molar-refractivity contribution is 1.18. The molecule has 12 aromatic rings. The average molecular weight is 789 g/mol. The summed E-state index contributed by atoms with van der Waals surface area (Å²) in [7, 11) is 0. The first kappa shape index (κ1) is 35.7. The van der Waals surface area contributed by atoms with E-state index in [4.69, 9.17) is 0 Å². The second kappa shape index (κ2) is 14.8. The van der Waals surface area contributed by atoms with Gasteiger partial charge in [-0.2, -0.15) is 0 Å². The molecule has 0 bridgehead atoms. The highest BCUT2D eigenvalue weighted by molar-refractivity contribution is 6.18. The maximum absolute atomic E-state index is 2.41. The molecule has 1 aromatic heterocycles. The molecule has 0 saturated heterocycles. The van der Waals surface area contributed by atoms with Crippen molar-refractivity contribution >= 4 is 71.2 Å². The molecule has 0 unspecified atom stereocenters. The second-order valence-corrected chi connectivity index (χ2v) is 16.1. The molecule has 11 aromatic carbocycles. The second-order valence-electron chi connectivity index (χ2n) is 16.1. The number of rotatable bonds is 7. The highest BCUT2D eigenvalue weighted by Gasteiger charge is 2.19. The predicted octanol–water partition coefficient (Wildman–Crippen LogP) is 16.7. The Morgan fingerprint density at radius 3 is 1.47 bits per heavy atom. The molecule has 0 amide bonds. The van der Waals surface area contributed by atoms with Crippen LogP contribution in [0.25, 0.3) is 93.2 Å². The van der Waals surface area contributed by atoms with Gasteiger partial charge in [-0.1, -0.05) is 188 Å². The zero-order chi connectivity index (χ0) is 41.0. The number of hydrogen-bond acceptors (Lipinski definition) is 1. The minimum absolute atomic E-state index is 1.09. The van der Waals surface area contributed by atoms with Gasteiger partial charge in [-0.15, -0.1) is 0 Å². The molecule has 2 nitrogen and oxygen atoms in total. The Kier molecular flexibility index (Phi) is 8.53.